The highest BCUT2D eigenvalue weighted by atomic mass is 32.2. The topological polar surface area (TPSA) is 136 Å². The average Bonchev–Trinajstić information content (AvgIpc) is 3.27. The molecule has 146 valence electrons. The number of carbonyl (C=O) groups excluding carboxylic acids is 3. The number of hydrogen-bond donors (Lipinski definition) is 3. The Morgan fingerprint density at radius 3 is 2.67 bits per heavy atom. The smallest absolute Gasteiger partial charge is 0.355 e. The molecule has 0 aliphatic rings. The van der Waals surface area contributed by atoms with Crippen molar-refractivity contribution in [3.05, 3.63) is 40.3 Å². The van der Waals surface area contributed by atoms with Crippen molar-refractivity contribution in [2.45, 2.75) is 11.4 Å². The Morgan fingerprint density at radius 1 is 1.30 bits per heavy atom. The third-order valence-electron chi connectivity index (χ3n) is 3.36. The Morgan fingerprint density at radius 2 is 2.04 bits per heavy atom. The molecule has 0 spiro atoms. The first-order valence-electron chi connectivity index (χ1n) is 7.60. The van der Waals surface area contributed by atoms with Crippen molar-refractivity contribution in [3.8, 4) is 0 Å². The van der Waals surface area contributed by atoms with E-state index >= 15 is 0 Å². The van der Waals surface area contributed by atoms with E-state index in [0.29, 0.717) is 0 Å². The summed E-state index contributed by atoms with van der Waals surface area (Å²) in [4.78, 5) is 36.1. The number of amides is 3. The van der Waals surface area contributed by atoms with Crippen molar-refractivity contribution in [2.75, 3.05) is 13.7 Å². The summed E-state index contributed by atoms with van der Waals surface area (Å²) in [6, 6.07) is 4.07. The van der Waals surface area contributed by atoms with Gasteiger partial charge in [0.1, 0.15) is 10.6 Å². The van der Waals surface area contributed by atoms with Crippen molar-refractivity contribution in [1.29, 1.82) is 0 Å². The number of aromatic nitrogens is 1. The normalized spacial score (nSPS) is 11.0. The molecule has 0 bridgehead atoms. The number of nitrogens with zero attached hydrogens (tertiary/aromatic N) is 1. The summed E-state index contributed by atoms with van der Waals surface area (Å²) in [7, 11) is -1.01. The second-order valence-electron chi connectivity index (χ2n) is 5.27. The lowest BCUT2D eigenvalue weighted by Crippen LogP contribution is -2.41. The summed E-state index contributed by atoms with van der Waals surface area (Å²) in [6.07, 6.45) is 1.24. The van der Waals surface area contributed by atoms with Crippen LogP contribution in [0.2, 0.25) is 0 Å². The van der Waals surface area contributed by atoms with E-state index < -0.39 is 34.5 Å². The fraction of sp³-hybridized carbons (Fsp3) is 0.267. The Bertz CT molecular complexity index is 934. The van der Waals surface area contributed by atoms with Crippen LogP contribution in [0.3, 0.4) is 0 Å². The van der Waals surface area contributed by atoms with Crippen LogP contribution in [0, 0.1) is 0 Å². The van der Waals surface area contributed by atoms with Crippen LogP contribution in [0.5, 0.6) is 0 Å². The first kappa shape index (κ1) is 20.6. The van der Waals surface area contributed by atoms with Crippen LogP contribution in [0.15, 0.2) is 34.7 Å². The first-order valence-corrected chi connectivity index (χ1v) is 9.96. The van der Waals surface area contributed by atoms with Gasteiger partial charge in [-0.3, -0.25) is 10.1 Å². The lowest BCUT2D eigenvalue weighted by Gasteiger charge is -2.07. The second-order valence-corrected chi connectivity index (χ2v) is 8.18. The van der Waals surface area contributed by atoms with Crippen molar-refractivity contribution in [1.82, 2.24) is 19.9 Å². The molecule has 0 unspecified atom stereocenters. The molecular formula is C15H18N4O6S2. The van der Waals surface area contributed by atoms with Crippen LogP contribution in [0.4, 0.5) is 4.79 Å². The molecule has 2 heterocycles. The number of hydrogen-bond acceptors (Lipinski definition) is 7. The van der Waals surface area contributed by atoms with E-state index in [4.69, 9.17) is 4.74 Å². The zero-order valence-electron chi connectivity index (χ0n) is 14.5. The van der Waals surface area contributed by atoms with Gasteiger partial charge in [0.2, 0.25) is 10.0 Å². The van der Waals surface area contributed by atoms with Crippen molar-refractivity contribution < 1.29 is 27.5 Å². The predicted octanol–water partition coefficient (Wildman–Crippen LogP) is 0.178. The fourth-order valence-corrected chi connectivity index (χ4v) is 3.44. The van der Waals surface area contributed by atoms with Gasteiger partial charge in [0, 0.05) is 18.1 Å². The molecule has 0 aliphatic carbocycles. The summed E-state index contributed by atoms with van der Waals surface area (Å²) in [5.41, 5.74) is -0.0567. The van der Waals surface area contributed by atoms with Gasteiger partial charge >= 0.3 is 12.0 Å². The molecule has 2 rings (SSSR count). The van der Waals surface area contributed by atoms with Gasteiger partial charge in [-0.05, 0) is 24.6 Å². The molecule has 2 aromatic rings. The summed E-state index contributed by atoms with van der Waals surface area (Å²) < 4.78 is 31.7. The summed E-state index contributed by atoms with van der Waals surface area (Å²) in [5, 5.41) is 6.38. The van der Waals surface area contributed by atoms with Crippen LogP contribution in [0.25, 0.3) is 0 Å². The van der Waals surface area contributed by atoms with Gasteiger partial charge in [0.25, 0.3) is 5.91 Å². The van der Waals surface area contributed by atoms with Gasteiger partial charge in [0.05, 0.1) is 6.54 Å². The van der Waals surface area contributed by atoms with Gasteiger partial charge < -0.3 is 14.6 Å². The third kappa shape index (κ3) is 5.64. The van der Waals surface area contributed by atoms with Crippen LogP contribution in [-0.4, -0.2) is 44.5 Å². The van der Waals surface area contributed by atoms with E-state index in [2.05, 4.69) is 10.0 Å². The standard InChI is InChI=1S/C15H18N4O6S2/c1-16-27(23,24)11-6-12(19(2)8-11)14(21)25-9-13(20)18-15(22)17-7-10-4-3-5-26-10/h3-6,8,16H,7,9H2,1-2H3,(H2,17,18,20,22). The number of nitrogens with one attached hydrogen (secondary N) is 3. The molecule has 12 heteroatoms. The highest BCUT2D eigenvalue weighted by Crippen LogP contribution is 2.14. The Kier molecular flexibility index (Phi) is 6.71. The highest BCUT2D eigenvalue weighted by molar-refractivity contribution is 7.89. The Labute approximate surface area is 159 Å². The molecule has 0 fully saturated rings. The molecular weight excluding hydrogens is 396 g/mol. The maximum atomic E-state index is 12.0. The van der Waals surface area contributed by atoms with Gasteiger partial charge in [-0.2, -0.15) is 0 Å². The lowest BCUT2D eigenvalue weighted by molar-refractivity contribution is -0.123. The van der Waals surface area contributed by atoms with Crippen LogP contribution in [-0.2, 0) is 33.1 Å². The van der Waals surface area contributed by atoms with Crippen molar-refractivity contribution in [2.24, 2.45) is 7.05 Å². The molecule has 0 atom stereocenters. The number of imide groups is 1. The number of aryl methyl sites for hydroxylation is 1. The van der Waals surface area contributed by atoms with Crippen molar-refractivity contribution >= 4 is 39.3 Å². The molecule has 0 saturated heterocycles. The maximum absolute atomic E-state index is 12.0. The lowest BCUT2D eigenvalue weighted by atomic mass is 10.4. The second kappa shape index (κ2) is 8.79. The number of ether oxygens (including phenoxy) is 1. The summed E-state index contributed by atoms with van der Waals surface area (Å²) >= 11 is 1.46. The van der Waals surface area contributed by atoms with E-state index in [0.717, 1.165) is 10.9 Å². The largest absolute Gasteiger partial charge is 0.451 e. The minimum atomic E-state index is -3.72. The van der Waals surface area contributed by atoms with Gasteiger partial charge in [-0.25, -0.2) is 22.7 Å². The molecule has 0 aromatic carbocycles. The number of carbonyl (C=O) groups is 3. The molecule has 0 aliphatic heterocycles. The SMILES string of the molecule is CNS(=O)(=O)c1cc(C(=O)OCC(=O)NC(=O)NCc2cccs2)n(C)c1. The molecule has 2 aromatic heterocycles. The molecule has 10 nitrogen and oxygen atoms in total. The summed E-state index contributed by atoms with van der Waals surface area (Å²) in [5.74, 6) is -1.71. The van der Waals surface area contributed by atoms with Gasteiger partial charge in [-0.15, -0.1) is 11.3 Å². The van der Waals surface area contributed by atoms with E-state index in [9.17, 15) is 22.8 Å². The Hall–Kier alpha value is -2.70. The number of urea groups is 1. The quantitative estimate of drug-likeness (QED) is 0.553. The monoisotopic (exact) mass is 414 g/mol. The molecule has 3 N–H and O–H groups in total. The fourth-order valence-electron chi connectivity index (χ4n) is 1.99. The first-order chi connectivity index (χ1) is 12.7. The van der Waals surface area contributed by atoms with Crippen molar-refractivity contribution in [3.63, 3.8) is 0 Å². The number of sulfonamides is 1. The Balaban J connectivity index is 1.84. The van der Waals surface area contributed by atoms with Gasteiger partial charge in [-0.1, -0.05) is 6.07 Å². The number of esters is 1. The molecule has 3 amide bonds. The minimum Gasteiger partial charge on any atom is -0.451 e. The summed E-state index contributed by atoms with van der Waals surface area (Å²) in [6.45, 7) is -0.423. The zero-order valence-corrected chi connectivity index (χ0v) is 16.1. The van der Waals surface area contributed by atoms with Crippen LogP contribution < -0.4 is 15.4 Å². The zero-order chi connectivity index (χ0) is 20.0. The van der Waals surface area contributed by atoms with Crippen LogP contribution >= 0.6 is 11.3 Å². The van der Waals surface area contributed by atoms with E-state index in [1.54, 1.807) is 0 Å². The molecule has 0 radical (unpaired) electrons. The van der Waals surface area contributed by atoms with Crippen LogP contribution in [0.1, 0.15) is 15.4 Å². The minimum absolute atomic E-state index is 0.0567. The van der Waals surface area contributed by atoms with Gasteiger partial charge in [0.15, 0.2) is 6.61 Å². The van der Waals surface area contributed by atoms with E-state index in [1.807, 2.05) is 22.8 Å². The average molecular weight is 414 g/mol. The highest BCUT2D eigenvalue weighted by Gasteiger charge is 2.21. The molecule has 0 saturated carbocycles. The third-order valence-corrected chi connectivity index (χ3v) is 5.62. The van der Waals surface area contributed by atoms with E-state index in [-0.39, 0.29) is 17.1 Å². The number of thiophene rings is 1. The predicted molar refractivity (Wildman–Crippen MR) is 96.6 cm³/mol. The molecule has 27 heavy (non-hydrogen) atoms. The number of rotatable bonds is 7. The van der Waals surface area contributed by atoms with E-state index in [1.165, 1.54) is 36.2 Å². The maximum Gasteiger partial charge on any atom is 0.355 e.